The minimum absolute atomic E-state index is 0.0127. The van der Waals surface area contributed by atoms with Gasteiger partial charge in [0, 0.05) is 19.3 Å². The topological polar surface area (TPSA) is 74.9 Å². The van der Waals surface area contributed by atoms with E-state index in [1.807, 2.05) is 0 Å². The summed E-state index contributed by atoms with van der Waals surface area (Å²) in [6.45, 7) is 2.26. The van der Waals surface area contributed by atoms with Crippen LogP contribution in [0.2, 0.25) is 5.15 Å². The molecule has 114 valence electrons. The van der Waals surface area contributed by atoms with Gasteiger partial charge < -0.3 is 5.11 Å². The van der Waals surface area contributed by atoms with Crippen LogP contribution < -0.4 is 0 Å². The van der Waals surface area contributed by atoms with Crippen LogP contribution in [0.3, 0.4) is 0 Å². The summed E-state index contributed by atoms with van der Waals surface area (Å²) in [5, 5.41) is 9.91. The highest BCUT2D eigenvalue weighted by atomic mass is 35.5. The molecule has 0 spiro atoms. The lowest BCUT2D eigenvalue weighted by Crippen LogP contribution is -2.45. The van der Waals surface area contributed by atoms with E-state index in [0.29, 0.717) is 18.5 Å². The molecule has 3 rings (SSSR count). The van der Waals surface area contributed by atoms with Gasteiger partial charge in [-0.15, -0.1) is 0 Å². The van der Waals surface area contributed by atoms with E-state index in [-0.39, 0.29) is 23.3 Å². The average molecular weight is 330 g/mol. The van der Waals surface area contributed by atoms with Crippen molar-refractivity contribution in [3.05, 3.63) is 29.5 Å². The van der Waals surface area contributed by atoms with Crippen LogP contribution in [0.15, 0.2) is 29.4 Å². The van der Waals surface area contributed by atoms with Crippen LogP contribution in [0, 0.1) is 0 Å². The van der Waals surface area contributed by atoms with Crippen LogP contribution in [0.4, 0.5) is 0 Å². The predicted molar refractivity (Wildman–Crippen MR) is 78.8 cm³/mol. The number of aliphatic hydroxyl groups is 1. The number of pyridine rings is 1. The smallest absolute Gasteiger partial charge is 0.262 e. The number of sulfonamides is 1. The highest BCUT2D eigenvalue weighted by molar-refractivity contribution is 7.89. The van der Waals surface area contributed by atoms with Crippen molar-refractivity contribution in [1.82, 2.24) is 13.7 Å². The van der Waals surface area contributed by atoms with E-state index in [9.17, 15) is 13.5 Å². The number of halogens is 1. The molecule has 0 aliphatic carbocycles. The first-order chi connectivity index (χ1) is 9.81. The minimum Gasteiger partial charge on any atom is -0.390 e. The second-order valence-corrected chi connectivity index (χ2v) is 7.75. The van der Waals surface area contributed by atoms with Crippen molar-refractivity contribution >= 4 is 27.3 Å². The number of fused-ring (bicyclic) bond motifs is 1. The zero-order valence-corrected chi connectivity index (χ0v) is 13.1. The van der Waals surface area contributed by atoms with Crippen molar-refractivity contribution < 1.29 is 13.5 Å². The highest BCUT2D eigenvalue weighted by Crippen LogP contribution is 2.30. The lowest BCUT2D eigenvalue weighted by molar-refractivity contribution is 0.0125. The number of rotatable bonds is 2. The average Bonchev–Trinajstić information content (AvgIpc) is 2.74. The van der Waals surface area contributed by atoms with Crippen molar-refractivity contribution in [2.75, 3.05) is 13.1 Å². The van der Waals surface area contributed by atoms with Gasteiger partial charge >= 0.3 is 0 Å². The van der Waals surface area contributed by atoms with Gasteiger partial charge in [-0.1, -0.05) is 17.7 Å². The molecule has 2 aromatic heterocycles. The van der Waals surface area contributed by atoms with Crippen LogP contribution >= 0.6 is 11.6 Å². The molecule has 1 saturated heterocycles. The Hall–Kier alpha value is -1.15. The molecule has 21 heavy (non-hydrogen) atoms. The fourth-order valence-corrected chi connectivity index (χ4v) is 4.55. The highest BCUT2D eigenvalue weighted by Gasteiger charge is 2.36. The molecule has 1 aliphatic rings. The molecular weight excluding hydrogens is 314 g/mol. The molecular formula is C13H16ClN3O3S. The van der Waals surface area contributed by atoms with E-state index in [1.165, 1.54) is 8.71 Å². The number of hydrogen-bond donors (Lipinski definition) is 1. The van der Waals surface area contributed by atoms with Crippen molar-refractivity contribution in [2.45, 2.75) is 30.4 Å². The Kier molecular flexibility index (Phi) is 3.48. The monoisotopic (exact) mass is 329 g/mol. The van der Waals surface area contributed by atoms with Gasteiger partial charge in [0.25, 0.3) is 10.0 Å². The van der Waals surface area contributed by atoms with Gasteiger partial charge in [0.15, 0.2) is 10.2 Å². The van der Waals surface area contributed by atoms with E-state index in [1.54, 1.807) is 31.3 Å². The second-order valence-electron chi connectivity index (χ2n) is 5.54. The minimum atomic E-state index is -3.74. The third kappa shape index (κ3) is 2.55. The maximum Gasteiger partial charge on any atom is 0.262 e. The second kappa shape index (κ2) is 4.95. The van der Waals surface area contributed by atoms with Gasteiger partial charge in [0.05, 0.1) is 5.60 Å². The number of piperidine rings is 1. The Labute approximate surface area is 128 Å². The molecule has 6 nitrogen and oxygen atoms in total. The third-order valence-electron chi connectivity index (χ3n) is 3.83. The molecule has 8 heteroatoms. The van der Waals surface area contributed by atoms with Crippen LogP contribution in [0.5, 0.6) is 0 Å². The number of nitrogens with zero attached hydrogens (tertiary/aromatic N) is 3. The largest absolute Gasteiger partial charge is 0.390 e. The first kappa shape index (κ1) is 14.8. The maximum absolute atomic E-state index is 12.8. The number of aromatic nitrogens is 2. The first-order valence-electron chi connectivity index (χ1n) is 6.66. The quantitative estimate of drug-likeness (QED) is 0.906. The van der Waals surface area contributed by atoms with Gasteiger partial charge in [0.1, 0.15) is 5.65 Å². The van der Waals surface area contributed by atoms with Gasteiger partial charge in [-0.05, 0) is 31.9 Å². The SMILES string of the molecule is CC1(O)CCN(S(=O)(=O)c2c(Cl)nc3ccccn23)CC1. The molecule has 0 amide bonds. The first-order valence-corrected chi connectivity index (χ1v) is 8.48. The summed E-state index contributed by atoms with van der Waals surface area (Å²) in [5.41, 5.74) is -0.319. The Morgan fingerprint density at radius 2 is 2.00 bits per heavy atom. The summed E-state index contributed by atoms with van der Waals surface area (Å²) >= 11 is 6.04. The number of imidazole rings is 1. The van der Waals surface area contributed by atoms with E-state index in [2.05, 4.69) is 4.98 Å². The van der Waals surface area contributed by atoms with E-state index in [0.717, 1.165) is 0 Å². The fourth-order valence-electron chi connectivity index (χ4n) is 2.51. The Bertz CT molecular complexity index is 775. The molecule has 1 N–H and O–H groups in total. The van der Waals surface area contributed by atoms with E-state index >= 15 is 0 Å². The van der Waals surface area contributed by atoms with Crippen LogP contribution in [-0.4, -0.2) is 45.9 Å². The van der Waals surface area contributed by atoms with Gasteiger partial charge in [-0.2, -0.15) is 4.31 Å². The van der Waals surface area contributed by atoms with E-state index in [4.69, 9.17) is 11.6 Å². The predicted octanol–water partition coefficient (Wildman–Crippen LogP) is 1.52. The Balaban J connectivity index is 2.03. The Morgan fingerprint density at radius 1 is 1.33 bits per heavy atom. The van der Waals surface area contributed by atoms with Crippen molar-refractivity contribution in [3.63, 3.8) is 0 Å². The summed E-state index contributed by atoms with van der Waals surface area (Å²) < 4.78 is 28.4. The molecule has 0 radical (unpaired) electrons. The zero-order valence-electron chi connectivity index (χ0n) is 11.5. The van der Waals surface area contributed by atoms with Gasteiger partial charge in [-0.25, -0.2) is 13.4 Å². The lowest BCUT2D eigenvalue weighted by Gasteiger charge is -2.34. The van der Waals surface area contributed by atoms with Gasteiger partial charge in [-0.3, -0.25) is 4.40 Å². The van der Waals surface area contributed by atoms with E-state index < -0.39 is 15.6 Å². The summed E-state index contributed by atoms with van der Waals surface area (Å²) in [7, 11) is -3.74. The summed E-state index contributed by atoms with van der Waals surface area (Å²) in [6, 6.07) is 5.20. The van der Waals surface area contributed by atoms with Crippen molar-refractivity contribution in [1.29, 1.82) is 0 Å². The maximum atomic E-state index is 12.8. The standard InChI is InChI=1S/C13H16ClN3O3S/c1-13(18)5-8-16(9-6-13)21(19,20)12-11(14)15-10-4-2-3-7-17(10)12/h2-4,7,18H,5-6,8-9H2,1H3. The third-order valence-corrected chi connectivity index (χ3v) is 6.13. The molecule has 2 aromatic rings. The fraction of sp³-hybridized carbons (Fsp3) is 0.462. The molecule has 1 aliphatic heterocycles. The lowest BCUT2D eigenvalue weighted by atomic mass is 9.95. The number of hydrogen-bond acceptors (Lipinski definition) is 4. The van der Waals surface area contributed by atoms with Crippen molar-refractivity contribution in [2.24, 2.45) is 0 Å². The summed E-state index contributed by atoms with van der Waals surface area (Å²) in [4.78, 5) is 4.08. The zero-order chi connectivity index (χ0) is 15.3. The molecule has 3 heterocycles. The van der Waals surface area contributed by atoms with Crippen LogP contribution in [0.25, 0.3) is 5.65 Å². The Morgan fingerprint density at radius 3 is 2.67 bits per heavy atom. The molecule has 0 unspecified atom stereocenters. The molecule has 0 atom stereocenters. The van der Waals surface area contributed by atoms with Crippen LogP contribution in [0.1, 0.15) is 19.8 Å². The summed E-state index contributed by atoms with van der Waals surface area (Å²) in [5.74, 6) is 0. The molecule has 0 aromatic carbocycles. The van der Waals surface area contributed by atoms with Crippen molar-refractivity contribution in [3.8, 4) is 0 Å². The normalized spacial score (nSPS) is 20.0. The molecule has 0 saturated carbocycles. The summed E-state index contributed by atoms with van der Waals surface area (Å²) in [6.07, 6.45) is 2.43. The van der Waals surface area contributed by atoms with Gasteiger partial charge in [0.2, 0.25) is 0 Å². The molecule has 1 fully saturated rings. The molecule has 0 bridgehead atoms. The van der Waals surface area contributed by atoms with Crippen LogP contribution in [-0.2, 0) is 10.0 Å².